The van der Waals surface area contributed by atoms with Gasteiger partial charge in [0, 0.05) is 5.56 Å². The second-order valence-corrected chi connectivity index (χ2v) is 8.27. The first kappa shape index (κ1) is 22.0. The van der Waals surface area contributed by atoms with Gasteiger partial charge in [0.2, 0.25) is 10.0 Å². The molecule has 0 aliphatic carbocycles. The van der Waals surface area contributed by atoms with Crippen molar-refractivity contribution >= 4 is 10.0 Å². The van der Waals surface area contributed by atoms with Crippen molar-refractivity contribution in [1.82, 2.24) is 4.72 Å². The molecule has 2 N–H and O–H groups in total. The molecule has 0 spiro atoms. The SMILES string of the molecule is CCOc1ccc(S(=O)(=O)NC[C@@H](c2ccc(OC)c(OC)c2)[NH+](C)C)cc1. The lowest BCUT2D eigenvalue weighted by Crippen LogP contribution is -3.07. The van der Waals surface area contributed by atoms with Gasteiger partial charge in [0.1, 0.15) is 11.8 Å². The van der Waals surface area contributed by atoms with Gasteiger partial charge in [-0.25, -0.2) is 13.1 Å². The number of sulfonamides is 1. The van der Waals surface area contributed by atoms with Crippen LogP contribution in [0.1, 0.15) is 18.5 Å². The zero-order chi connectivity index (χ0) is 20.7. The molecule has 28 heavy (non-hydrogen) atoms. The number of hydrogen-bond donors (Lipinski definition) is 2. The van der Waals surface area contributed by atoms with E-state index < -0.39 is 10.0 Å². The van der Waals surface area contributed by atoms with Crippen molar-refractivity contribution in [3.8, 4) is 17.2 Å². The van der Waals surface area contributed by atoms with Gasteiger partial charge in [-0.3, -0.25) is 0 Å². The highest BCUT2D eigenvalue weighted by Crippen LogP contribution is 2.29. The predicted molar refractivity (Wildman–Crippen MR) is 108 cm³/mol. The van der Waals surface area contributed by atoms with E-state index in [0.717, 1.165) is 10.5 Å². The highest BCUT2D eigenvalue weighted by atomic mass is 32.2. The van der Waals surface area contributed by atoms with Crippen molar-refractivity contribution in [2.24, 2.45) is 0 Å². The summed E-state index contributed by atoms with van der Waals surface area (Å²) in [6, 6.07) is 11.9. The van der Waals surface area contributed by atoms with E-state index in [2.05, 4.69) is 4.72 Å². The number of quaternary nitrogens is 1. The molecular formula is C20H29N2O5S+. The maximum atomic E-state index is 12.7. The Hall–Kier alpha value is -2.29. The normalized spacial score (nSPS) is 12.6. The molecule has 0 heterocycles. The predicted octanol–water partition coefficient (Wildman–Crippen LogP) is 1.27. The van der Waals surface area contributed by atoms with Gasteiger partial charge in [-0.2, -0.15) is 0 Å². The van der Waals surface area contributed by atoms with E-state index in [-0.39, 0.29) is 17.5 Å². The third-order valence-corrected chi connectivity index (χ3v) is 5.87. The van der Waals surface area contributed by atoms with Crippen molar-refractivity contribution in [3.05, 3.63) is 48.0 Å². The fourth-order valence-corrected chi connectivity index (χ4v) is 3.93. The molecule has 2 rings (SSSR count). The van der Waals surface area contributed by atoms with Gasteiger partial charge in [-0.05, 0) is 49.4 Å². The van der Waals surface area contributed by atoms with Crippen LogP contribution in [0.2, 0.25) is 0 Å². The van der Waals surface area contributed by atoms with E-state index in [1.165, 1.54) is 0 Å². The van der Waals surface area contributed by atoms with Crippen molar-refractivity contribution < 1.29 is 27.5 Å². The number of benzene rings is 2. The number of ether oxygens (including phenoxy) is 3. The summed E-state index contributed by atoms with van der Waals surface area (Å²) in [6.07, 6.45) is 0. The molecule has 2 aromatic carbocycles. The van der Waals surface area contributed by atoms with Crippen LogP contribution < -0.4 is 23.8 Å². The van der Waals surface area contributed by atoms with Crippen LogP contribution in [0.3, 0.4) is 0 Å². The molecule has 1 atom stereocenters. The standard InChI is InChI=1S/C20H28N2O5S/c1-6-27-16-8-10-17(11-9-16)28(23,24)21-14-18(22(2)3)15-7-12-19(25-4)20(13-15)26-5/h7-13,18,21H,6,14H2,1-5H3/p+1/t18-/m0/s1. The first-order valence-corrected chi connectivity index (χ1v) is 10.5. The number of hydrogen-bond acceptors (Lipinski definition) is 5. The van der Waals surface area contributed by atoms with Gasteiger partial charge in [-0.1, -0.05) is 0 Å². The van der Waals surface area contributed by atoms with Gasteiger partial charge in [-0.15, -0.1) is 0 Å². The molecule has 7 nitrogen and oxygen atoms in total. The Morgan fingerprint density at radius 2 is 1.64 bits per heavy atom. The zero-order valence-electron chi connectivity index (χ0n) is 17.0. The van der Waals surface area contributed by atoms with Crippen LogP contribution in [0.15, 0.2) is 47.4 Å². The van der Waals surface area contributed by atoms with E-state index in [9.17, 15) is 8.42 Å². The molecule has 0 amide bonds. The smallest absolute Gasteiger partial charge is 0.240 e. The van der Waals surface area contributed by atoms with Gasteiger partial charge >= 0.3 is 0 Å². The molecule has 0 aromatic heterocycles. The highest BCUT2D eigenvalue weighted by molar-refractivity contribution is 7.89. The zero-order valence-corrected chi connectivity index (χ0v) is 17.8. The third kappa shape index (κ3) is 5.37. The fourth-order valence-electron chi connectivity index (χ4n) is 2.88. The van der Waals surface area contributed by atoms with Crippen LogP contribution >= 0.6 is 0 Å². The number of likely N-dealkylation sites (N-methyl/N-ethyl adjacent to an activating group) is 1. The summed E-state index contributed by atoms with van der Waals surface area (Å²) in [6.45, 7) is 2.65. The molecule has 154 valence electrons. The van der Waals surface area contributed by atoms with Crippen LogP contribution in [-0.2, 0) is 10.0 Å². The number of rotatable bonds is 10. The minimum absolute atomic E-state index is 0.0997. The summed E-state index contributed by atoms with van der Waals surface area (Å²) in [5.41, 5.74) is 0.951. The Morgan fingerprint density at radius 3 is 2.18 bits per heavy atom. The van der Waals surface area contributed by atoms with Crippen LogP contribution in [0.5, 0.6) is 17.2 Å². The van der Waals surface area contributed by atoms with Crippen molar-refractivity contribution in [2.75, 3.05) is 41.5 Å². The Bertz CT molecular complexity index is 867. The Labute approximate surface area is 167 Å². The Balaban J connectivity index is 2.18. The average Bonchev–Trinajstić information content (AvgIpc) is 2.68. The summed E-state index contributed by atoms with van der Waals surface area (Å²) in [7, 11) is 3.48. The van der Waals surface area contributed by atoms with Crippen LogP contribution in [-0.4, -0.2) is 49.9 Å². The molecule has 0 saturated carbocycles. The molecule has 0 unspecified atom stereocenters. The Morgan fingerprint density at radius 1 is 1.00 bits per heavy atom. The average molecular weight is 410 g/mol. The topological polar surface area (TPSA) is 78.3 Å². The molecule has 0 saturated heterocycles. The van der Waals surface area contributed by atoms with Crippen LogP contribution in [0.25, 0.3) is 0 Å². The second-order valence-electron chi connectivity index (χ2n) is 6.50. The van der Waals surface area contributed by atoms with Crippen molar-refractivity contribution in [3.63, 3.8) is 0 Å². The molecule has 0 aliphatic heterocycles. The van der Waals surface area contributed by atoms with E-state index >= 15 is 0 Å². The quantitative estimate of drug-likeness (QED) is 0.618. The molecule has 0 bridgehead atoms. The molecule has 0 radical (unpaired) electrons. The van der Waals surface area contributed by atoms with E-state index in [4.69, 9.17) is 14.2 Å². The lowest BCUT2D eigenvalue weighted by Gasteiger charge is -2.23. The summed E-state index contributed by atoms with van der Waals surface area (Å²) >= 11 is 0. The minimum Gasteiger partial charge on any atom is -0.494 e. The van der Waals surface area contributed by atoms with E-state index in [1.807, 2.05) is 39.2 Å². The lowest BCUT2D eigenvalue weighted by atomic mass is 10.1. The molecule has 0 fully saturated rings. The summed E-state index contributed by atoms with van der Waals surface area (Å²) in [4.78, 5) is 1.29. The van der Waals surface area contributed by atoms with E-state index in [1.54, 1.807) is 38.5 Å². The molecular weight excluding hydrogens is 380 g/mol. The van der Waals surface area contributed by atoms with E-state index in [0.29, 0.717) is 23.9 Å². The van der Waals surface area contributed by atoms with Crippen molar-refractivity contribution in [2.45, 2.75) is 17.9 Å². The summed E-state index contributed by atoms with van der Waals surface area (Å²) < 4.78 is 44.1. The first-order valence-electron chi connectivity index (χ1n) is 9.06. The van der Waals surface area contributed by atoms with Crippen molar-refractivity contribution in [1.29, 1.82) is 0 Å². The number of methoxy groups -OCH3 is 2. The maximum absolute atomic E-state index is 12.7. The highest BCUT2D eigenvalue weighted by Gasteiger charge is 2.23. The molecule has 8 heteroatoms. The second kappa shape index (κ2) is 9.77. The Kier molecular flexibility index (Phi) is 7.68. The summed E-state index contributed by atoms with van der Waals surface area (Å²) in [5.74, 6) is 1.89. The minimum atomic E-state index is -3.63. The van der Waals surface area contributed by atoms with Crippen LogP contribution in [0.4, 0.5) is 0 Å². The monoisotopic (exact) mass is 409 g/mol. The first-order chi connectivity index (χ1) is 13.3. The third-order valence-electron chi connectivity index (χ3n) is 4.43. The van der Waals surface area contributed by atoms with Gasteiger partial charge in [0.25, 0.3) is 0 Å². The van der Waals surface area contributed by atoms with Gasteiger partial charge in [0.15, 0.2) is 11.5 Å². The largest absolute Gasteiger partial charge is 0.494 e. The van der Waals surface area contributed by atoms with Gasteiger partial charge < -0.3 is 19.1 Å². The van der Waals surface area contributed by atoms with Gasteiger partial charge in [0.05, 0.1) is 46.4 Å². The number of nitrogens with one attached hydrogen (secondary N) is 2. The maximum Gasteiger partial charge on any atom is 0.240 e. The fraction of sp³-hybridized carbons (Fsp3) is 0.400. The molecule has 2 aromatic rings. The lowest BCUT2D eigenvalue weighted by molar-refractivity contribution is -0.890. The molecule has 0 aliphatic rings. The summed E-state index contributed by atoms with van der Waals surface area (Å²) in [5, 5.41) is 0. The van der Waals surface area contributed by atoms with Crippen LogP contribution in [0, 0.1) is 0 Å².